The summed E-state index contributed by atoms with van der Waals surface area (Å²) in [6.45, 7) is 1.46. The van der Waals surface area contributed by atoms with Crippen LogP contribution in [0.3, 0.4) is 0 Å². The van der Waals surface area contributed by atoms with Crippen molar-refractivity contribution in [2.24, 2.45) is 0 Å². The molecule has 0 aromatic heterocycles. The molecule has 5 heteroatoms. The topological polar surface area (TPSA) is 46.5 Å². The van der Waals surface area contributed by atoms with Crippen molar-refractivity contribution in [1.29, 1.82) is 0 Å². The molecule has 0 aromatic carbocycles. The van der Waals surface area contributed by atoms with Crippen molar-refractivity contribution >= 4 is 29.3 Å². The van der Waals surface area contributed by atoms with Crippen LogP contribution in [0.1, 0.15) is 0 Å². The Kier molecular flexibility index (Phi) is 3.48. The van der Waals surface area contributed by atoms with Crippen LogP contribution in [-0.4, -0.2) is 40.7 Å². The number of halogens is 1. The van der Waals surface area contributed by atoms with Gasteiger partial charge in [0.25, 0.3) is 0 Å². The van der Waals surface area contributed by atoms with E-state index in [2.05, 4.69) is 0 Å². The van der Waals surface area contributed by atoms with Gasteiger partial charge in [0.15, 0.2) is 0 Å². The fourth-order valence-corrected chi connectivity index (χ4v) is 1.79. The first-order valence-corrected chi connectivity index (χ1v) is 4.75. The maximum absolute atomic E-state index is 10.2. The van der Waals surface area contributed by atoms with Crippen molar-refractivity contribution in [3.05, 3.63) is 0 Å². The van der Waals surface area contributed by atoms with Gasteiger partial charge in [-0.15, -0.1) is 11.6 Å². The van der Waals surface area contributed by atoms with Crippen LogP contribution in [0.15, 0.2) is 0 Å². The van der Waals surface area contributed by atoms with E-state index in [1.807, 2.05) is 0 Å². The molecule has 1 unspecified atom stereocenters. The lowest BCUT2D eigenvalue weighted by Crippen LogP contribution is -2.32. The Labute approximate surface area is 74.1 Å². The molecule has 1 aliphatic rings. The maximum atomic E-state index is 10.2. The molecule has 1 N–H and O–H groups in total. The van der Waals surface area contributed by atoms with E-state index in [-0.39, 0.29) is 0 Å². The van der Waals surface area contributed by atoms with E-state index in [4.69, 9.17) is 21.4 Å². The van der Waals surface area contributed by atoms with E-state index in [9.17, 15) is 4.79 Å². The van der Waals surface area contributed by atoms with Gasteiger partial charge in [0, 0.05) is 5.75 Å². The number of carbonyl (C=O) groups is 1. The van der Waals surface area contributed by atoms with Crippen molar-refractivity contribution in [2.75, 3.05) is 19.0 Å². The molecule has 0 aromatic rings. The van der Waals surface area contributed by atoms with Gasteiger partial charge < -0.3 is 9.84 Å². The number of hydrogen-bond donors (Lipinski definition) is 1. The molecule has 64 valence electrons. The number of ether oxygens (including phenoxy) is 1. The number of thioether (sulfide) groups is 1. The van der Waals surface area contributed by atoms with E-state index in [0.29, 0.717) is 11.0 Å². The molecule has 0 amide bonds. The second-order valence-electron chi connectivity index (χ2n) is 2.30. The minimum atomic E-state index is -0.945. The van der Waals surface area contributed by atoms with Gasteiger partial charge in [-0.25, -0.2) is 0 Å². The third-order valence-electron chi connectivity index (χ3n) is 1.35. The Morgan fingerprint density at radius 3 is 2.82 bits per heavy atom. The number of carboxylic acid groups (broad SMARTS) is 1. The first-order valence-electron chi connectivity index (χ1n) is 3.26. The molecular formula is C6H9ClO3S. The van der Waals surface area contributed by atoms with E-state index < -0.39 is 11.3 Å². The average Bonchev–Trinajstić information content (AvgIpc) is 1.83. The van der Waals surface area contributed by atoms with Gasteiger partial charge in [-0.2, -0.15) is 11.8 Å². The second-order valence-corrected chi connectivity index (χ2v) is 4.16. The minimum absolute atomic E-state index is 0.454. The summed E-state index contributed by atoms with van der Waals surface area (Å²) in [7, 11) is 0. The van der Waals surface area contributed by atoms with Crippen LogP contribution in [0.25, 0.3) is 0 Å². The Bertz CT molecular complexity index is 149. The molecule has 3 nitrogen and oxygen atoms in total. The minimum Gasteiger partial charge on any atom is -0.480 e. The SMILES string of the molecule is O=C(O)C(Cl)CSC1COC1. The molecule has 0 aliphatic carbocycles. The summed E-state index contributed by atoms with van der Waals surface area (Å²) in [5.41, 5.74) is 0. The Morgan fingerprint density at radius 1 is 1.82 bits per heavy atom. The van der Waals surface area contributed by atoms with Crippen LogP contribution in [0.5, 0.6) is 0 Å². The highest BCUT2D eigenvalue weighted by Crippen LogP contribution is 2.21. The summed E-state index contributed by atoms with van der Waals surface area (Å²) in [5.74, 6) is -0.482. The van der Waals surface area contributed by atoms with E-state index >= 15 is 0 Å². The smallest absolute Gasteiger partial charge is 0.322 e. The summed E-state index contributed by atoms with van der Waals surface area (Å²) in [6.07, 6.45) is 0. The normalized spacial score (nSPS) is 20.8. The zero-order chi connectivity index (χ0) is 8.27. The molecule has 0 radical (unpaired) electrons. The Balaban J connectivity index is 2.05. The van der Waals surface area contributed by atoms with Gasteiger partial charge in [0.2, 0.25) is 0 Å². The van der Waals surface area contributed by atoms with Gasteiger partial charge in [-0.05, 0) is 0 Å². The van der Waals surface area contributed by atoms with Gasteiger partial charge in [0.05, 0.1) is 18.5 Å². The molecule has 1 rings (SSSR count). The maximum Gasteiger partial charge on any atom is 0.322 e. The zero-order valence-corrected chi connectivity index (χ0v) is 7.40. The van der Waals surface area contributed by atoms with Crippen LogP contribution in [0.2, 0.25) is 0 Å². The monoisotopic (exact) mass is 196 g/mol. The second kappa shape index (κ2) is 4.18. The molecule has 0 saturated carbocycles. The van der Waals surface area contributed by atoms with Crippen LogP contribution < -0.4 is 0 Å². The van der Waals surface area contributed by atoms with Crippen molar-refractivity contribution in [3.63, 3.8) is 0 Å². The molecule has 1 heterocycles. The van der Waals surface area contributed by atoms with E-state index in [1.54, 1.807) is 11.8 Å². The highest BCUT2D eigenvalue weighted by Gasteiger charge is 2.22. The average molecular weight is 197 g/mol. The van der Waals surface area contributed by atoms with Crippen molar-refractivity contribution in [1.82, 2.24) is 0 Å². The standard InChI is InChI=1S/C6H9ClO3S/c7-5(6(8)9)3-11-4-1-10-2-4/h4-5H,1-3H2,(H,8,9). The number of carboxylic acids is 1. The summed E-state index contributed by atoms with van der Waals surface area (Å²) in [6, 6.07) is 0. The largest absolute Gasteiger partial charge is 0.480 e. The van der Waals surface area contributed by atoms with Crippen LogP contribution in [0.4, 0.5) is 0 Å². The van der Waals surface area contributed by atoms with Crippen LogP contribution >= 0.6 is 23.4 Å². The summed E-state index contributed by atoms with van der Waals surface area (Å²) < 4.78 is 4.92. The molecule has 1 fully saturated rings. The molecular weight excluding hydrogens is 188 g/mol. The first kappa shape index (κ1) is 9.16. The van der Waals surface area contributed by atoms with Crippen molar-refractivity contribution in [2.45, 2.75) is 10.6 Å². The molecule has 1 atom stereocenters. The zero-order valence-electron chi connectivity index (χ0n) is 5.83. The lowest BCUT2D eigenvalue weighted by atomic mass is 10.4. The lowest BCUT2D eigenvalue weighted by Gasteiger charge is -2.25. The molecule has 1 aliphatic heterocycles. The van der Waals surface area contributed by atoms with Crippen LogP contribution in [-0.2, 0) is 9.53 Å². The fourth-order valence-electron chi connectivity index (χ4n) is 0.602. The fraction of sp³-hybridized carbons (Fsp3) is 0.833. The number of aliphatic carboxylic acids is 1. The van der Waals surface area contributed by atoms with Gasteiger partial charge in [0.1, 0.15) is 5.38 Å². The first-order chi connectivity index (χ1) is 5.20. The lowest BCUT2D eigenvalue weighted by molar-refractivity contribution is -0.136. The highest BCUT2D eigenvalue weighted by molar-refractivity contribution is 8.00. The summed E-state index contributed by atoms with van der Waals surface area (Å²) >= 11 is 7.04. The highest BCUT2D eigenvalue weighted by atomic mass is 35.5. The van der Waals surface area contributed by atoms with Gasteiger partial charge in [-0.3, -0.25) is 4.79 Å². The predicted molar refractivity (Wildman–Crippen MR) is 44.3 cm³/mol. The van der Waals surface area contributed by atoms with Crippen molar-refractivity contribution < 1.29 is 14.6 Å². The molecule has 11 heavy (non-hydrogen) atoms. The van der Waals surface area contributed by atoms with Gasteiger partial charge >= 0.3 is 5.97 Å². The number of rotatable bonds is 4. The Hall–Kier alpha value is 0.0700. The predicted octanol–water partition coefficient (Wildman–Crippen LogP) is 0.810. The summed E-state index contributed by atoms with van der Waals surface area (Å²) in [5, 5.41) is 8.10. The summed E-state index contributed by atoms with van der Waals surface area (Å²) in [4.78, 5) is 10.2. The quantitative estimate of drug-likeness (QED) is 0.676. The van der Waals surface area contributed by atoms with Gasteiger partial charge in [-0.1, -0.05) is 0 Å². The van der Waals surface area contributed by atoms with E-state index in [0.717, 1.165) is 13.2 Å². The Morgan fingerprint density at radius 2 is 2.45 bits per heavy atom. The number of alkyl halides is 1. The third-order valence-corrected chi connectivity index (χ3v) is 3.15. The molecule has 1 saturated heterocycles. The van der Waals surface area contributed by atoms with Crippen LogP contribution in [0, 0.1) is 0 Å². The van der Waals surface area contributed by atoms with Crippen molar-refractivity contribution in [3.8, 4) is 0 Å². The third kappa shape index (κ3) is 2.89. The van der Waals surface area contributed by atoms with E-state index in [1.165, 1.54) is 0 Å². The molecule has 0 spiro atoms. The number of hydrogen-bond acceptors (Lipinski definition) is 3. The molecule has 0 bridgehead atoms.